The van der Waals surface area contributed by atoms with Gasteiger partial charge in [0.1, 0.15) is 5.54 Å². The molecule has 32 heavy (non-hydrogen) atoms. The van der Waals surface area contributed by atoms with Gasteiger partial charge in [-0.05, 0) is 38.0 Å². The number of amides is 2. The van der Waals surface area contributed by atoms with E-state index in [0.29, 0.717) is 32.7 Å². The fourth-order valence-corrected chi connectivity index (χ4v) is 4.07. The summed E-state index contributed by atoms with van der Waals surface area (Å²) in [5, 5.41) is 7.51. The number of rotatable bonds is 6. The van der Waals surface area contributed by atoms with Gasteiger partial charge in [-0.25, -0.2) is 9.50 Å². The summed E-state index contributed by atoms with van der Waals surface area (Å²) in [6.07, 6.45) is 4.47. The maximum Gasteiger partial charge on any atom is 0.247 e. The van der Waals surface area contributed by atoms with Crippen LogP contribution >= 0.6 is 0 Å². The Hall–Kier alpha value is -3.26. The second-order valence-corrected chi connectivity index (χ2v) is 8.79. The van der Waals surface area contributed by atoms with Crippen molar-refractivity contribution in [1.82, 2.24) is 24.8 Å². The molecule has 2 aromatic heterocycles. The van der Waals surface area contributed by atoms with Gasteiger partial charge in [0.2, 0.25) is 11.8 Å². The third-order valence-corrected chi connectivity index (χ3v) is 5.63. The maximum absolute atomic E-state index is 13.3. The van der Waals surface area contributed by atoms with Crippen LogP contribution in [0.15, 0.2) is 54.9 Å². The summed E-state index contributed by atoms with van der Waals surface area (Å²) in [5.41, 5.74) is 1.64. The number of aromatic nitrogens is 3. The third kappa shape index (κ3) is 5.31. The van der Waals surface area contributed by atoms with Crippen LogP contribution in [0.25, 0.3) is 5.65 Å². The molecular formula is C24H29N5O3. The van der Waals surface area contributed by atoms with Gasteiger partial charge in [0.15, 0.2) is 5.65 Å². The lowest BCUT2D eigenvalue weighted by molar-refractivity contribution is -0.140. The number of hydrogen-bond donors (Lipinski definition) is 1. The Kier molecular flexibility index (Phi) is 6.50. The van der Waals surface area contributed by atoms with E-state index in [1.807, 2.05) is 48.7 Å². The first-order valence-corrected chi connectivity index (χ1v) is 10.9. The Bertz CT molecular complexity index is 1080. The van der Waals surface area contributed by atoms with Gasteiger partial charge in [0.05, 0.1) is 25.3 Å². The zero-order chi connectivity index (χ0) is 22.6. The minimum atomic E-state index is -1.01. The molecule has 4 rings (SSSR count). The van der Waals surface area contributed by atoms with Crippen LogP contribution in [0.4, 0.5) is 0 Å². The molecule has 8 heteroatoms. The first-order valence-electron chi connectivity index (χ1n) is 10.9. The first-order chi connectivity index (χ1) is 15.4. The lowest BCUT2D eigenvalue weighted by Crippen LogP contribution is -2.57. The number of nitrogens with one attached hydrogen (secondary N) is 1. The van der Waals surface area contributed by atoms with E-state index < -0.39 is 5.54 Å². The van der Waals surface area contributed by atoms with Crippen LogP contribution in [0.1, 0.15) is 25.1 Å². The normalized spacial score (nSPS) is 17.2. The minimum Gasteiger partial charge on any atom is -0.379 e. The monoisotopic (exact) mass is 435 g/mol. The van der Waals surface area contributed by atoms with Crippen LogP contribution in [0, 0.1) is 5.92 Å². The summed E-state index contributed by atoms with van der Waals surface area (Å²) < 4.78 is 7.53. The van der Waals surface area contributed by atoms with Gasteiger partial charge >= 0.3 is 0 Å². The van der Waals surface area contributed by atoms with Gasteiger partial charge < -0.3 is 15.0 Å². The molecule has 0 spiro atoms. The lowest BCUT2D eigenvalue weighted by atomic mass is 9.99. The second-order valence-electron chi connectivity index (χ2n) is 8.79. The number of imidazole rings is 1. The van der Waals surface area contributed by atoms with E-state index in [2.05, 4.69) is 15.4 Å². The van der Waals surface area contributed by atoms with Crippen molar-refractivity contribution in [3.8, 4) is 0 Å². The molecular weight excluding hydrogens is 406 g/mol. The zero-order valence-corrected chi connectivity index (χ0v) is 18.5. The van der Waals surface area contributed by atoms with Crippen molar-refractivity contribution in [3.63, 3.8) is 0 Å². The largest absolute Gasteiger partial charge is 0.379 e. The van der Waals surface area contributed by atoms with Crippen molar-refractivity contribution < 1.29 is 14.3 Å². The molecule has 8 nitrogen and oxygen atoms in total. The van der Waals surface area contributed by atoms with E-state index in [1.54, 1.807) is 29.5 Å². The van der Waals surface area contributed by atoms with Crippen molar-refractivity contribution >= 4 is 17.5 Å². The molecule has 1 saturated heterocycles. The van der Waals surface area contributed by atoms with E-state index >= 15 is 0 Å². The SMILES string of the molecule is CC(C)(NC(=O)Cc1ccccc1)C(=O)N1CCOCC(Cc2ccc3nccn3n2)C1. The fraction of sp³-hybridized carbons (Fsp3) is 0.417. The topological polar surface area (TPSA) is 88.8 Å². The molecule has 1 unspecified atom stereocenters. The van der Waals surface area contributed by atoms with Crippen LogP contribution in [-0.2, 0) is 27.2 Å². The zero-order valence-electron chi connectivity index (χ0n) is 18.5. The molecule has 1 aliphatic heterocycles. The Morgan fingerprint density at radius 3 is 2.81 bits per heavy atom. The molecule has 1 atom stereocenters. The Labute approximate surface area is 187 Å². The molecule has 0 radical (unpaired) electrons. The maximum atomic E-state index is 13.3. The van der Waals surface area contributed by atoms with Crippen LogP contribution in [0.3, 0.4) is 0 Å². The van der Waals surface area contributed by atoms with Crippen LogP contribution < -0.4 is 5.32 Å². The molecule has 0 aliphatic carbocycles. The van der Waals surface area contributed by atoms with Gasteiger partial charge in [-0.15, -0.1) is 0 Å². The summed E-state index contributed by atoms with van der Waals surface area (Å²) in [6.45, 7) is 5.61. The molecule has 0 bridgehead atoms. The van der Waals surface area contributed by atoms with Gasteiger partial charge in [-0.1, -0.05) is 30.3 Å². The first kappa shape index (κ1) is 22.0. The number of hydrogen-bond acceptors (Lipinski definition) is 5. The molecule has 1 N–H and O–H groups in total. The predicted octanol–water partition coefficient (Wildman–Crippen LogP) is 1.88. The summed E-state index contributed by atoms with van der Waals surface area (Å²) in [7, 11) is 0. The van der Waals surface area contributed by atoms with Crippen molar-refractivity contribution in [2.24, 2.45) is 5.92 Å². The molecule has 1 aliphatic rings. The molecule has 1 aromatic carbocycles. The Balaban J connectivity index is 1.39. The Morgan fingerprint density at radius 1 is 1.19 bits per heavy atom. The highest BCUT2D eigenvalue weighted by atomic mass is 16.5. The van der Waals surface area contributed by atoms with E-state index in [1.165, 1.54) is 0 Å². The van der Waals surface area contributed by atoms with Crippen molar-refractivity contribution in [2.45, 2.75) is 32.2 Å². The standard InChI is InChI=1S/C24H29N5O3/c1-24(2,26-22(30)15-18-6-4-3-5-7-18)23(31)28-12-13-32-17-19(16-28)14-20-8-9-21-25-10-11-29(21)27-20/h3-11,19H,12-17H2,1-2H3,(H,26,30). The number of benzene rings is 1. The molecule has 0 saturated carbocycles. The smallest absolute Gasteiger partial charge is 0.247 e. The van der Waals surface area contributed by atoms with Gasteiger partial charge in [-0.2, -0.15) is 5.10 Å². The molecule has 1 fully saturated rings. The molecule has 3 aromatic rings. The highest BCUT2D eigenvalue weighted by molar-refractivity contribution is 5.91. The average molecular weight is 436 g/mol. The highest BCUT2D eigenvalue weighted by Crippen LogP contribution is 2.17. The molecule has 2 amide bonds. The van der Waals surface area contributed by atoms with Crippen molar-refractivity contribution in [3.05, 3.63) is 66.1 Å². The van der Waals surface area contributed by atoms with Crippen molar-refractivity contribution in [2.75, 3.05) is 26.3 Å². The number of carbonyl (C=O) groups excluding carboxylic acids is 2. The number of carbonyl (C=O) groups is 2. The second kappa shape index (κ2) is 9.48. The summed E-state index contributed by atoms with van der Waals surface area (Å²) >= 11 is 0. The van der Waals surface area contributed by atoms with Crippen LogP contribution in [0.2, 0.25) is 0 Å². The number of ether oxygens (including phenoxy) is 1. The van der Waals surface area contributed by atoms with E-state index in [9.17, 15) is 9.59 Å². The van der Waals surface area contributed by atoms with E-state index in [0.717, 1.165) is 16.9 Å². The van der Waals surface area contributed by atoms with Gasteiger partial charge in [0.25, 0.3) is 0 Å². The van der Waals surface area contributed by atoms with Crippen molar-refractivity contribution in [1.29, 1.82) is 0 Å². The summed E-state index contributed by atoms with van der Waals surface area (Å²) in [6, 6.07) is 13.4. The van der Waals surface area contributed by atoms with Crippen LogP contribution in [-0.4, -0.2) is 63.2 Å². The average Bonchev–Trinajstić information content (AvgIpc) is 3.11. The summed E-state index contributed by atoms with van der Waals surface area (Å²) in [4.78, 5) is 31.9. The molecule has 3 heterocycles. The van der Waals surface area contributed by atoms with Gasteiger partial charge in [-0.3, -0.25) is 9.59 Å². The molecule has 168 valence electrons. The van der Waals surface area contributed by atoms with Crippen LogP contribution in [0.5, 0.6) is 0 Å². The van der Waals surface area contributed by atoms with E-state index in [-0.39, 0.29) is 24.2 Å². The fourth-order valence-electron chi connectivity index (χ4n) is 4.07. The quantitative estimate of drug-likeness (QED) is 0.639. The number of fused-ring (bicyclic) bond motifs is 1. The third-order valence-electron chi connectivity index (χ3n) is 5.63. The highest BCUT2D eigenvalue weighted by Gasteiger charge is 2.35. The van der Waals surface area contributed by atoms with Gasteiger partial charge in [0, 0.05) is 31.4 Å². The Morgan fingerprint density at radius 2 is 2.00 bits per heavy atom. The number of nitrogens with zero attached hydrogens (tertiary/aromatic N) is 4. The minimum absolute atomic E-state index is 0.104. The summed E-state index contributed by atoms with van der Waals surface area (Å²) in [5.74, 6) is -0.159. The lowest BCUT2D eigenvalue weighted by Gasteiger charge is -2.33. The van der Waals surface area contributed by atoms with E-state index in [4.69, 9.17) is 4.74 Å². The predicted molar refractivity (Wildman–Crippen MR) is 120 cm³/mol.